The highest BCUT2D eigenvalue weighted by Crippen LogP contribution is 2.27. The first-order valence-corrected chi connectivity index (χ1v) is 5.96. The Morgan fingerprint density at radius 3 is 2.26 bits per heavy atom. The van der Waals surface area contributed by atoms with Crippen LogP contribution in [-0.2, 0) is 11.0 Å². The topological polar surface area (TPSA) is 47.2 Å². The van der Waals surface area contributed by atoms with Crippen LogP contribution in [-0.4, -0.2) is 21.6 Å². The Balaban J connectivity index is 2.50. The van der Waals surface area contributed by atoms with E-state index in [1.54, 1.807) is 0 Å². The minimum atomic E-state index is -5.15. The van der Waals surface area contributed by atoms with Gasteiger partial charge in [0.25, 0.3) is 0 Å². The van der Waals surface area contributed by atoms with Gasteiger partial charge in [-0.25, -0.2) is 4.98 Å². The van der Waals surface area contributed by atoms with E-state index in [0.717, 1.165) is 22.9 Å². The minimum Gasteiger partial charge on any atom is -0.300 e. The van der Waals surface area contributed by atoms with Crippen LogP contribution in [0.1, 0.15) is 5.69 Å². The summed E-state index contributed by atoms with van der Waals surface area (Å²) in [7, 11) is 0. The van der Waals surface area contributed by atoms with Crippen molar-refractivity contribution in [1.29, 1.82) is 0 Å². The summed E-state index contributed by atoms with van der Waals surface area (Å²) < 4.78 is 75.1. The number of pyridine rings is 2. The number of carbonyl (C=O) groups is 1. The normalized spacial score (nSPS) is 13.2. The van der Waals surface area contributed by atoms with Crippen molar-refractivity contribution in [3.8, 4) is 5.69 Å². The van der Waals surface area contributed by atoms with Gasteiger partial charge in [0.15, 0.2) is 0 Å². The average Bonchev–Trinajstić information content (AvgIpc) is 2.46. The molecule has 0 saturated heterocycles. The Bertz CT molecular complexity index is 774. The average molecular weight is 335 g/mol. The fourth-order valence-corrected chi connectivity index (χ4v) is 1.61. The highest BCUT2D eigenvalue weighted by atomic mass is 19.4. The van der Waals surface area contributed by atoms with E-state index in [0.29, 0.717) is 6.07 Å². The molecule has 122 valence electrons. The molecule has 2 aromatic rings. The van der Waals surface area contributed by atoms with E-state index in [4.69, 9.17) is 0 Å². The molecule has 1 amide bonds. The second-order valence-corrected chi connectivity index (χ2v) is 4.24. The largest absolute Gasteiger partial charge is 0.473 e. The van der Waals surface area contributed by atoms with E-state index in [-0.39, 0.29) is 5.69 Å². The van der Waals surface area contributed by atoms with E-state index in [9.17, 15) is 31.1 Å². The lowest BCUT2D eigenvalue weighted by molar-refractivity contribution is -0.169. The fraction of sp³-hybridized carbons (Fsp3) is 0.154. The van der Waals surface area contributed by atoms with Crippen molar-refractivity contribution in [2.45, 2.75) is 12.4 Å². The standard InChI is InChI=1S/C13H7F6N3O/c14-12(15,16)9-5-4-8(7-20-9)22-6-2-1-3-10(22)21-11(23)13(17,18)19/h1-7H. The van der Waals surface area contributed by atoms with Crippen LogP contribution >= 0.6 is 0 Å². The molecule has 2 heterocycles. The highest BCUT2D eigenvalue weighted by molar-refractivity contribution is 5.82. The van der Waals surface area contributed by atoms with Gasteiger partial charge in [0.2, 0.25) is 0 Å². The molecule has 0 bridgehead atoms. The van der Waals surface area contributed by atoms with E-state index in [2.05, 4.69) is 9.98 Å². The van der Waals surface area contributed by atoms with Gasteiger partial charge >= 0.3 is 18.3 Å². The van der Waals surface area contributed by atoms with Crippen LogP contribution in [0.2, 0.25) is 0 Å². The number of hydrogen-bond acceptors (Lipinski definition) is 2. The first-order valence-electron chi connectivity index (χ1n) is 5.96. The van der Waals surface area contributed by atoms with Gasteiger partial charge in [0, 0.05) is 6.20 Å². The van der Waals surface area contributed by atoms with Gasteiger partial charge in [-0.05, 0) is 24.3 Å². The summed E-state index contributed by atoms with van der Waals surface area (Å²) in [6.45, 7) is 0. The molecule has 2 rings (SSSR count). The molecule has 23 heavy (non-hydrogen) atoms. The summed E-state index contributed by atoms with van der Waals surface area (Å²) >= 11 is 0. The third-order valence-corrected chi connectivity index (χ3v) is 2.61. The molecule has 0 spiro atoms. The molecule has 0 atom stereocenters. The van der Waals surface area contributed by atoms with E-state index < -0.39 is 29.4 Å². The maximum Gasteiger partial charge on any atom is 0.473 e. The van der Waals surface area contributed by atoms with Crippen LogP contribution in [0, 0.1) is 0 Å². The minimum absolute atomic E-state index is 0.0207. The summed E-state index contributed by atoms with van der Waals surface area (Å²) in [6, 6.07) is 5.53. The molecule has 0 radical (unpaired) electrons. The van der Waals surface area contributed by atoms with Gasteiger partial charge < -0.3 is 4.57 Å². The lowest BCUT2D eigenvalue weighted by atomic mass is 10.3. The van der Waals surface area contributed by atoms with Crippen molar-refractivity contribution in [2.24, 2.45) is 4.99 Å². The van der Waals surface area contributed by atoms with Gasteiger partial charge in [-0.1, -0.05) is 6.07 Å². The van der Waals surface area contributed by atoms with Crippen LogP contribution in [0.5, 0.6) is 0 Å². The van der Waals surface area contributed by atoms with Crippen LogP contribution in [0.15, 0.2) is 47.7 Å². The maximum absolute atomic E-state index is 12.4. The monoisotopic (exact) mass is 335 g/mol. The third-order valence-electron chi connectivity index (χ3n) is 2.61. The number of alkyl halides is 6. The smallest absolute Gasteiger partial charge is 0.300 e. The Morgan fingerprint density at radius 1 is 1.04 bits per heavy atom. The van der Waals surface area contributed by atoms with Crippen molar-refractivity contribution in [2.75, 3.05) is 0 Å². The molecule has 0 aromatic carbocycles. The van der Waals surface area contributed by atoms with Crippen LogP contribution in [0.4, 0.5) is 26.3 Å². The summed E-state index contributed by atoms with van der Waals surface area (Å²) in [6.07, 6.45) is -7.72. The third kappa shape index (κ3) is 3.96. The maximum atomic E-state index is 12.4. The van der Waals surface area contributed by atoms with Crippen molar-refractivity contribution >= 4 is 5.91 Å². The van der Waals surface area contributed by atoms with Crippen molar-refractivity contribution < 1.29 is 31.1 Å². The molecule has 0 aliphatic carbocycles. The Hall–Kier alpha value is -2.65. The zero-order valence-electron chi connectivity index (χ0n) is 11.1. The van der Waals surface area contributed by atoms with Crippen LogP contribution in [0.25, 0.3) is 5.69 Å². The van der Waals surface area contributed by atoms with Gasteiger partial charge in [-0.15, -0.1) is 0 Å². The molecule has 4 nitrogen and oxygen atoms in total. The molecule has 0 N–H and O–H groups in total. The van der Waals surface area contributed by atoms with E-state index in [1.807, 2.05) is 0 Å². The molecule has 0 aliphatic heterocycles. The molecule has 0 fully saturated rings. The van der Waals surface area contributed by atoms with Crippen molar-refractivity contribution in [3.05, 3.63) is 53.9 Å². The summed E-state index contributed by atoms with van der Waals surface area (Å²) in [4.78, 5) is 17.1. The predicted molar refractivity (Wildman–Crippen MR) is 65.2 cm³/mol. The number of aromatic nitrogens is 2. The number of carbonyl (C=O) groups excluding carboxylic acids is 1. The van der Waals surface area contributed by atoms with Gasteiger partial charge in [-0.2, -0.15) is 31.3 Å². The first-order chi connectivity index (χ1) is 10.6. The second-order valence-electron chi connectivity index (χ2n) is 4.24. The molecular formula is C13H7F6N3O. The summed E-state index contributed by atoms with van der Waals surface area (Å²) in [5.74, 6) is -2.32. The lowest BCUT2D eigenvalue weighted by Gasteiger charge is -2.09. The molecule has 0 unspecified atom stereocenters. The molecular weight excluding hydrogens is 328 g/mol. The van der Waals surface area contributed by atoms with Gasteiger partial charge in [0.05, 0.1) is 11.9 Å². The van der Waals surface area contributed by atoms with Gasteiger partial charge in [0.1, 0.15) is 11.2 Å². The predicted octanol–water partition coefficient (Wildman–Crippen LogP) is 2.88. The Morgan fingerprint density at radius 2 is 1.74 bits per heavy atom. The summed E-state index contributed by atoms with van der Waals surface area (Å²) in [5.41, 5.74) is -1.52. The van der Waals surface area contributed by atoms with Crippen molar-refractivity contribution in [3.63, 3.8) is 0 Å². The van der Waals surface area contributed by atoms with Crippen LogP contribution < -0.4 is 5.49 Å². The first kappa shape index (κ1) is 16.7. The van der Waals surface area contributed by atoms with E-state index in [1.165, 1.54) is 18.3 Å². The quantitative estimate of drug-likeness (QED) is 0.753. The van der Waals surface area contributed by atoms with E-state index >= 15 is 0 Å². The van der Waals surface area contributed by atoms with Gasteiger partial charge in [-0.3, -0.25) is 4.79 Å². The Kier molecular flexibility index (Phi) is 4.26. The SMILES string of the molecule is O=C(N=c1ccccn1-c1ccc(C(F)(F)F)nc1)C(F)(F)F. The lowest BCUT2D eigenvalue weighted by Crippen LogP contribution is -2.27. The zero-order valence-corrected chi connectivity index (χ0v) is 11.1. The zero-order chi connectivity index (χ0) is 17.3. The number of nitrogens with zero attached hydrogens (tertiary/aromatic N) is 3. The Labute approximate surface area is 124 Å². The van der Waals surface area contributed by atoms with Crippen LogP contribution in [0.3, 0.4) is 0 Å². The molecule has 2 aromatic heterocycles. The summed E-state index contributed by atoms with van der Waals surface area (Å²) in [5, 5.41) is 0. The molecule has 0 saturated carbocycles. The number of halogens is 6. The number of amides is 1. The second kappa shape index (κ2) is 5.86. The van der Waals surface area contributed by atoms with Crippen molar-refractivity contribution in [1.82, 2.24) is 9.55 Å². The number of rotatable bonds is 1. The molecule has 0 aliphatic rings. The number of hydrogen-bond donors (Lipinski definition) is 0. The molecule has 10 heteroatoms. The fourth-order valence-electron chi connectivity index (χ4n) is 1.61. The highest BCUT2D eigenvalue weighted by Gasteiger charge is 2.38.